The lowest BCUT2D eigenvalue weighted by atomic mass is 10.3. The summed E-state index contributed by atoms with van der Waals surface area (Å²) in [5.74, 6) is -0.269. The van der Waals surface area contributed by atoms with Crippen LogP contribution in [0.15, 0.2) is 6.20 Å². The molecule has 2 aromatic heterocycles. The number of nitrogens with two attached hydrogens (primary N) is 1. The summed E-state index contributed by atoms with van der Waals surface area (Å²) in [5.41, 5.74) is 6.05. The fraction of sp³-hybridized carbons (Fsp3) is 0.222. The number of H-pyrrole nitrogens is 1. The van der Waals surface area contributed by atoms with Crippen LogP contribution in [0.3, 0.4) is 0 Å². The SMILES string of the molecule is Nc1nc(N2CC(=O)NC(=O)C2)c2cn[nH]c2n1. The van der Waals surface area contributed by atoms with Crippen LogP contribution in [-0.2, 0) is 9.59 Å². The quantitative estimate of drug-likeness (QED) is 0.517. The number of aromatic nitrogens is 4. The van der Waals surface area contributed by atoms with Gasteiger partial charge in [0, 0.05) is 0 Å². The summed E-state index contributed by atoms with van der Waals surface area (Å²) in [7, 11) is 0. The monoisotopic (exact) mass is 247 g/mol. The van der Waals surface area contributed by atoms with Gasteiger partial charge in [0.15, 0.2) is 5.65 Å². The molecule has 2 aromatic rings. The number of piperazine rings is 1. The summed E-state index contributed by atoms with van der Waals surface area (Å²) in [6.07, 6.45) is 1.53. The molecule has 0 bridgehead atoms. The van der Waals surface area contributed by atoms with Crippen molar-refractivity contribution in [1.29, 1.82) is 0 Å². The van der Waals surface area contributed by atoms with Crippen LogP contribution in [0, 0.1) is 0 Å². The Balaban J connectivity index is 2.10. The minimum Gasteiger partial charge on any atom is -0.368 e. The van der Waals surface area contributed by atoms with Gasteiger partial charge in [-0.2, -0.15) is 15.1 Å². The van der Waals surface area contributed by atoms with Crippen molar-refractivity contribution >= 4 is 34.6 Å². The molecule has 9 nitrogen and oxygen atoms in total. The molecule has 92 valence electrons. The maximum atomic E-state index is 11.3. The van der Waals surface area contributed by atoms with Crippen molar-refractivity contribution in [1.82, 2.24) is 25.5 Å². The fourth-order valence-electron chi connectivity index (χ4n) is 1.86. The van der Waals surface area contributed by atoms with Gasteiger partial charge in [-0.3, -0.25) is 20.0 Å². The number of nitrogen functional groups attached to an aromatic ring is 1. The van der Waals surface area contributed by atoms with Crippen LogP contribution < -0.4 is 16.0 Å². The molecule has 0 aromatic carbocycles. The molecule has 0 atom stereocenters. The van der Waals surface area contributed by atoms with Crippen molar-refractivity contribution < 1.29 is 9.59 Å². The molecule has 3 heterocycles. The Kier molecular flexibility index (Phi) is 2.12. The molecule has 1 fully saturated rings. The Labute approximate surface area is 100 Å². The van der Waals surface area contributed by atoms with E-state index in [1.807, 2.05) is 0 Å². The number of aromatic amines is 1. The number of amides is 2. The molecular weight excluding hydrogens is 238 g/mol. The van der Waals surface area contributed by atoms with E-state index < -0.39 is 0 Å². The standard InChI is InChI=1S/C9H9N7O2/c10-9-13-7-4(1-11-15-7)8(14-9)16-2-5(17)12-6(18)3-16/h1H,2-3H2,(H,12,17,18)(H3,10,11,13,14,15). The second kappa shape index (κ2) is 3.65. The van der Waals surface area contributed by atoms with Crippen LogP contribution in [0.25, 0.3) is 11.0 Å². The van der Waals surface area contributed by atoms with E-state index in [1.54, 1.807) is 0 Å². The first-order valence-electron chi connectivity index (χ1n) is 5.18. The number of rotatable bonds is 1. The van der Waals surface area contributed by atoms with Crippen LogP contribution in [0.5, 0.6) is 0 Å². The van der Waals surface area contributed by atoms with Crippen molar-refractivity contribution in [3.8, 4) is 0 Å². The van der Waals surface area contributed by atoms with E-state index in [0.717, 1.165) is 0 Å². The van der Waals surface area contributed by atoms with Crippen LogP contribution in [0.4, 0.5) is 11.8 Å². The number of hydrogen-bond donors (Lipinski definition) is 3. The lowest BCUT2D eigenvalue weighted by Gasteiger charge is -2.26. The van der Waals surface area contributed by atoms with Crippen molar-refractivity contribution in [2.24, 2.45) is 0 Å². The van der Waals surface area contributed by atoms with E-state index in [1.165, 1.54) is 11.1 Å². The lowest BCUT2D eigenvalue weighted by molar-refractivity contribution is -0.130. The number of nitrogens with one attached hydrogen (secondary N) is 2. The third kappa shape index (κ3) is 1.61. The number of carbonyl (C=O) groups excluding carboxylic acids is 2. The first-order chi connectivity index (χ1) is 8.63. The molecule has 0 spiro atoms. The fourth-order valence-corrected chi connectivity index (χ4v) is 1.86. The van der Waals surface area contributed by atoms with Gasteiger partial charge >= 0.3 is 0 Å². The van der Waals surface area contributed by atoms with Crippen LogP contribution in [0.1, 0.15) is 0 Å². The normalized spacial score (nSPS) is 16.1. The molecule has 0 saturated carbocycles. The van der Waals surface area contributed by atoms with Crippen LogP contribution in [0.2, 0.25) is 0 Å². The van der Waals surface area contributed by atoms with Crippen molar-refractivity contribution in [3.05, 3.63) is 6.20 Å². The Bertz CT molecular complexity index is 633. The molecule has 3 rings (SSSR count). The third-order valence-electron chi connectivity index (χ3n) is 2.55. The summed E-state index contributed by atoms with van der Waals surface area (Å²) in [4.78, 5) is 32.3. The van der Waals surface area contributed by atoms with Gasteiger partial charge < -0.3 is 10.6 Å². The Morgan fingerprint density at radius 1 is 1.22 bits per heavy atom. The molecule has 1 aliphatic rings. The number of anilines is 2. The van der Waals surface area contributed by atoms with Gasteiger partial charge in [0.25, 0.3) is 0 Å². The average Bonchev–Trinajstić information content (AvgIpc) is 2.74. The maximum Gasteiger partial charge on any atom is 0.246 e. The van der Waals surface area contributed by atoms with Crippen LogP contribution in [-0.4, -0.2) is 45.1 Å². The van der Waals surface area contributed by atoms with E-state index >= 15 is 0 Å². The minimum atomic E-state index is -0.375. The second-order valence-electron chi connectivity index (χ2n) is 3.87. The zero-order valence-electron chi connectivity index (χ0n) is 9.17. The van der Waals surface area contributed by atoms with E-state index in [4.69, 9.17) is 5.73 Å². The highest BCUT2D eigenvalue weighted by molar-refractivity contribution is 6.04. The highest BCUT2D eigenvalue weighted by Gasteiger charge is 2.25. The summed E-state index contributed by atoms with van der Waals surface area (Å²) in [5, 5.41) is 9.34. The zero-order chi connectivity index (χ0) is 12.7. The predicted molar refractivity (Wildman–Crippen MR) is 61.5 cm³/mol. The smallest absolute Gasteiger partial charge is 0.246 e. The van der Waals surface area contributed by atoms with Gasteiger partial charge in [0.05, 0.1) is 24.7 Å². The maximum absolute atomic E-state index is 11.3. The van der Waals surface area contributed by atoms with E-state index in [2.05, 4.69) is 25.5 Å². The Hall–Kier alpha value is -2.71. The molecule has 18 heavy (non-hydrogen) atoms. The summed E-state index contributed by atoms with van der Waals surface area (Å²) in [6.45, 7) is 0.0882. The molecular formula is C9H9N7O2. The van der Waals surface area contributed by atoms with E-state index in [0.29, 0.717) is 16.9 Å². The largest absolute Gasteiger partial charge is 0.368 e. The summed E-state index contributed by atoms with van der Waals surface area (Å²) < 4.78 is 0. The highest BCUT2D eigenvalue weighted by Crippen LogP contribution is 2.23. The molecule has 9 heteroatoms. The molecule has 0 aliphatic carbocycles. The van der Waals surface area contributed by atoms with Crippen molar-refractivity contribution in [2.75, 3.05) is 23.7 Å². The summed E-state index contributed by atoms with van der Waals surface area (Å²) >= 11 is 0. The van der Waals surface area contributed by atoms with Gasteiger partial charge in [-0.05, 0) is 0 Å². The topological polar surface area (TPSA) is 130 Å². The van der Waals surface area contributed by atoms with Crippen molar-refractivity contribution in [3.63, 3.8) is 0 Å². The number of fused-ring (bicyclic) bond motifs is 1. The predicted octanol–water partition coefficient (Wildman–Crippen LogP) is -1.60. The van der Waals surface area contributed by atoms with Gasteiger partial charge in [-0.25, -0.2) is 0 Å². The minimum absolute atomic E-state index is 0.0441. The van der Waals surface area contributed by atoms with E-state index in [9.17, 15) is 9.59 Å². The van der Waals surface area contributed by atoms with Gasteiger partial charge in [-0.1, -0.05) is 0 Å². The molecule has 4 N–H and O–H groups in total. The Morgan fingerprint density at radius 3 is 2.67 bits per heavy atom. The first-order valence-corrected chi connectivity index (χ1v) is 5.18. The number of hydrogen-bond acceptors (Lipinski definition) is 7. The first kappa shape index (κ1) is 10.4. The zero-order valence-corrected chi connectivity index (χ0v) is 9.17. The number of imide groups is 1. The van der Waals surface area contributed by atoms with Gasteiger partial charge in [-0.15, -0.1) is 0 Å². The van der Waals surface area contributed by atoms with Crippen LogP contribution >= 0.6 is 0 Å². The molecule has 0 unspecified atom stereocenters. The highest BCUT2D eigenvalue weighted by atomic mass is 16.2. The Morgan fingerprint density at radius 2 is 1.94 bits per heavy atom. The summed E-state index contributed by atoms with van der Waals surface area (Å²) in [6, 6.07) is 0. The molecule has 1 saturated heterocycles. The average molecular weight is 247 g/mol. The number of carbonyl (C=O) groups is 2. The van der Waals surface area contributed by atoms with Crippen molar-refractivity contribution in [2.45, 2.75) is 0 Å². The second-order valence-corrected chi connectivity index (χ2v) is 3.87. The third-order valence-corrected chi connectivity index (χ3v) is 2.55. The van der Waals surface area contributed by atoms with Gasteiger partial charge in [0.2, 0.25) is 17.8 Å². The lowest BCUT2D eigenvalue weighted by Crippen LogP contribution is -2.51. The molecule has 2 amide bonds. The molecule has 0 radical (unpaired) electrons. The molecule has 1 aliphatic heterocycles. The van der Waals surface area contributed by atoms with Gasteiger partial charge in [0.1, 0.15) is 5.82 Å². The number of nitrogens with zero attached hydrogens (tertiary/aromatic N) is 4. The van der Waals surface area contributed by atoms with E-state index in [-0.39, 0.29) is 30.9 Å².